The molecule has 1 aromatic carbocycles. The van der Waals surface area contributed by atoms with Crippen LogP contribution in [-0.2, 0) is 14.8 Å². The van der Waals surface area contributed by atoms with Crippen LogP contribution in [0.25, 0.3) is 0 Å². The molecule has 1 rings (SSSR count). The maximum Gasteiger partial charge on any atom is 0.407 e. The van der Waals surface area contributed by atoms with Crippen molar-refractivity contribution in [2.75, 3.05) is 25.5 Å². The van der Waals surface area contributed by atoms with Gasteiger partial charge in [-0.1, -0.05) is 12.2 Å². The molecule has 0 aliphatic heterocycles. The SMILES string of the molecule is CNS(=O)(=O)c1ccc(NC/C=C/CNC(=O)OC(C)(C)C)c([N+](=O)[O-])c1. The molecule has 0 atom stereocenters. The fourth-order valence-corrected chi connectivity index (χ4v) is 2.64. The highest BCUT2D eigenvalue weighted by atomic mass is 32.2. The Kier molecular flexibility index (Phi) is 7.73. The lowest BCUT2D eigenvalue weighted by molar-refractivity contribution is -0.384. The van der Waals surface area contributed by atoms with Gasteiger partial charge in [0.15, 0.2) is 0 Å². The van der Waals surface area contributed by atoms with Crippen molar-refractivity contribution in [3.63, 3.8) is 0 Å². The average molecular weight is 400 g/mol. The number of alkyl carbamates (subject to hydrolysis) is 1. The monoisotopic (exact) mass is 400 g/mol. The predicted octanol–water partition coefficient (Wildman–Crippen LogP) is 2.00. The van der Waals surface area contributed by atoms with Crippen molar-refractivity contribution >= 4 is 27.5 Å². The van der Waals surface area contributed by atoms with Gasteiger partial charge in [0.1, 0.15) is 11.3 Å². The van der Waals surface area contributed by atoms with E-state index in [0.717, 1.165) is 6.07 Å². The maximum atomic E-state index is 11.8. The minimum Gasteiger partial charge on any atom is -0.444 e. The van der Waals surface area contributed by atoms with Crippen molar-refractivity contribution < 1.29 is 22.9 Å². The Morgan fingerprint density at radius 2 is 1.89 bits per heavy atom. The molecule has 1 aromatic rings. The quantitative estimate of drug-likeness (QED) is 0.344. The zero-order valence-electron chi connectivity index (χ0n) is 15.6. The summed E-state index contributed by atoms with van der Waals surface area (Å²) < 4.78 is 30.7. The van der Waals surface area contributed by atoms with Gasteiger partial charge in [-0.2, -0.15) is 0 Å². The van der Waals surface area contributed by atoms with E-state index >= 15 is 0 Å². The van der Waals surface area contributed by atoms with Gasteiger partial charge in [-0.25, -0.2) is 17.9 Å². The number of nitro benzene ring substituents is 1. The van der Waals surface area contributed by atoms with Gasteiger partial charge in [-0.15, -0.1) is 0 Å². The second-order valence-electron chi connectivity index (χ2n) is 6.38. The van der Waals surface area contributed by atoms with Crippen LogP contribution in [0.3, 0.4) is 0 Å². The zero-order valence-corrected chi connectivity index (χ0v) is 16.4. The fourth-order valence-electron chi connectivity index (χ4n) is 1.89. The molecular weight excluding hydrogens is 376 g/mol. The number of nitrogens with one attached hydrogen (secondary N) is 3. The van der Waals surface area contributed by atoms with E-state index < -0.39 is 26.6 Å². The molecule has 0 saturated carbocycles. The number of nitrogens with zero attached hydrogens (tertiary/aromatic N) is 1. The predicted molar refractivity (Wildman–Crippen MR) is 101 cm³/mol. The third-order valence-electron chi connectivity index (χ3n) is 3.09. The van der Waals surface area contributed by atoms with E-state index in [-0.39, 0.29) is 29.4 Å². The van der Waals surface area contributed by atoms with Crippen LogP contribution in [0.5, 0.6) is 0 Å². The topological polar surface area (TPSA) is 140 Å². The van der Waals surface area contributed by atoms with Crippen LogP contribution in [0.1, 0.15) is 20.8 Å². The molecule has 10 nitrogen and oxygen atoms in total. The summed E-state index contributed by atoms with van der Waals surface area (Å²) in [7, 11) is -2.55. The molecular formula is C16H24N4O6S. The molecule has 0 fully saturated rings. The first-order valence-electron chi connectivity index (χ1n) is 8.04. The molecule has 0 unspecified atom stereocenters. The van der Waals surface area contributed by atoms with Crippen LogP contribution >= 0.6 is 0 Å². The minimum absolute atomic E-state index is 0.180. The number of amides is 1. The van der Waals surface area contributed by atoms with Gasteiger partial charge in [-0.05, 0) is 40.0 Å². The van der Waals surface area contributed by atoms with E-state index in [1.807, 2.05) is 0 Å². The van der Waals surface area contributed by atoms with Crippen LogP contribution in [0, 0.1) is 10.1 Å². The van der Waals surface area contributed by atoms with Crippen molar-refractivity contribution in [2.45, 2.75) is 31.3 Å². The Bertz CT molecular complexity index is 815. The highest BCUT2D eigenvalue weighted by Crippen LogP contribution is 2.27. The van der Waals surface area contributed by atoms with Crippen LogP contribution < -0.4 is 15.4 Å². The number of hydrogen-bond donors (Lipinski definition) is 3. The second-order valence-corrected chi connectivity index (χ2v) is 8.27. The molecule has 0 aliphatic rings. The zero-order chi connectivity index (χ0) is 20.7. The second kappa shape index (κ2) is 9.33. The van der Waals surface area contributed by atoms with Crippen LogP contribution in [-0.4, -0.2) is 45.2 Å². The molecule has 1 amide bonds. The van der Waals surface area contributed by atoms with Gasteiger partial charge in [0, 0.05) is 19.2 Å². The summed E-state index contributed by atoms with van der Waals surface area (Å²) in [4.78, 5) is 21.8. The van der Waals surface area contributed by atoms with Gasteiger partial charge in [-0.3, -0.25) is 10.1 Å². The van der Waals surface area contributed by atoms with Gasteiger partial charge in [0.25, 0.3) is 5.69 Å². The molecule has 3 N–H and O–H groups in total. The average Bonchev–Trinajstić information content (AvgIpc) is 2.56. The van der Waals surface area contributed by atoms with Crippen molar-refractivity contribution in [2.24, 2.45) is 0 Å². The fraction of sp³-hybridized carbons (Fsp3) is 0.438. The van der Waals surface area contributed by atoms with Gasteiger partial charge < -0.3 is 15.4 Å². The first-order chi connectivity index (χ1) is 12.5. The van der Waals surface area contributed by atoms with E-state index in [9.17, 15) is 23.3 Å². The molecule has 0 aromatic heterocycles. The molecule has 0 aliphatic carbocycles. The highest BCUT2D eigenvalue weighted by Gasteiger charge is 2.20. The summed E-state index contributed by atoms with van der Waals surface area (Å²) in [5, 5.41) is 16.6. The lowest BCUT2D eigenvalue weighted by Crippen LogP contribution is -2.32. The number of nitro groups is 1. The Morgan fingerprint density at radius 3 is 2.44 bits per heavy atom. The number of ether oxygens (including phenoxy) is 1. The largest absolute Gasteiger partial charge is 0.444 e. The lowest BCUT2D eigenvalue weighted by Gasteiger charge is -2.19. The molecule has 27 heavy (non-hydrogen) atoms. The summed E-state index contributed by atoms with van der Waals surface area (Å²) in [6.45, 7) is 5.75. The smallest absolute Gasteiger partial charge is 0.407 e. The molecule has 0 saturated heterocycles. The normalized spacial score (nSPS) is 12.0. The van der Waals surface area contributed by atoms with Crippen molar-refractivity contribution in [3.8, 4) is 0 Å². The van der Waals surface area contributed by atoms with E-state index in [0.29, 0.717) is 0 Å². The molecule has 0 heterocycles. The molecule has 0 radical (unpaired) electrons. The Hall–Kier alpha value is -2.66. The number of benzene rings is 1. The van der Waals surface area contributed by atoms with Crippen molar-refractivity contribution in [1.29, 1.82) is 0 Å². The van der Waals surface area contributed by atoms with Crippen LogP contribution in [0.15, 0.2) is 35.2 Å². The van der Waals surface area contributed by atoms with E-state index in [1.54, 1.807) is 32.9 Å². The molecule has 0 bridgehead atoms. The van der Waals surface area contributed by atoms with E-state index in [4.69, 9.17) is 4.74 Å². The van der Waals surface area contributed by atoms with Crippen molar-refractivity contribution in [3.05, 3.63) is 40.5 Å². The number of carbonyl (C=O) groups is 1. The summed E-state index contributed by atoms with van der Waals surface area (Å²) >= 11 is 0. The summed E-state index contributed by atoms with van der Waals surface area (Å²) in [6.07, 6.45) is 2.78. The number of anilines is 1. The molecule has 0 spiro atoms. The van der Waals surface area contributed by atoms with Crippen LogP contribution in [0.2, 0.25) is 0 Å². The Labute approximate surface area is 158 Å². The van der Waals surface area contributed by atoms with Gasteiger partial charge >= 0.3 is 6.09 Å². The number of rotatable bonds is 8. The minimum atomic E-state index is -3.77. The van der Waals surface area contributed by atoms with Crippen LogP contribution in [0.4, 0.5) is 16.2 Å². The third kappa shape index (κ3) is 7.62. The number of sulfonamides is 1. The summed E-state index contributed by atoms with van der Waals surface area (Å²) in [5.41, 5.74) is -0.757. The third-order valence-corrected chi connectivity index (χ3v) is 4.50. The van der Waals surface area contributed by atoms with Gasteiger partial charge in [0.05, 0.1) is 9.82 Å². The standard InChI is InChI=1S/C16H24N4O6S/c1-16(2,3)26-15(21)19-10-6-5-9-18-13-8-7-12(27(24,25)17-4)11-14(13)20(22)23/h5-8,11,17-18H,9-10H2,1-4H3,(H,19,21)/b6-5+. The summed E-state index contributed by atoms with van der Waals surface area (Å²) in [5.74, 6) is 0. The Morgan fingerprint density at radius 1 is 1.26 bits per heavy atom. The maximum absolute atomic E-state index is 11.8. The van der Waals surface area contributed by atoms with Gasteiger partial charge in [0.2, 0.25) is 10.0 Å². The first-order valence-corrected chi connectivity index (χ1v) is 9.52. The van der Waals surface area contributed by atoms with E-state index in [1.165, 1.54) is 19.2 Å². The number of carbonyl (C=O) groups excluding carboxylic acids is 1. The number of hydrogen-bond acceptors (Lipinski definition) is 7. The van der Waals surface area contributed by atoms with Crippen molar-refractivity contribution in [1.82, 2.24) is 10.0 Å². The highest BCUT2D eigenvalue weighted by molar-refractivity contribution is 7.89. The lowest BCUT2D eigenvalue weighted by atomic mass is 10.2. The summed E-state index contributed by atoms with van der Waals surface area (Å²) in [6, 6.07) is 3.59. The molecule has 150 valence electrons. The Balaban J connectivity index is 2.64. The van der Waals surface area contributed by atoms with E-state index in [2.05, 4.69) is 15.4 Å². The molecule has 11 heteroatoms. The first kappa shape index (κ1) is 22.4.